The van der Waals surface area contributed by atoms with E-state index in [-0.39, 0.29) is 29.4 Å². The number of benzene rings is 1. The molecule has 1 aromatic heterocycles. The fourth-order valence-electron chi connectivity index (χ4n) is 3.89. The first-order chi connectivity index (χ1) is 13.8. The molecule has 0 spiro atoms. The number of aryl methyl sites for hydroxylation is 1. The van der Waals surface area contributed by atoms with Crippen LogP contribution in [-0.2, 0) is 4.79 Å². The van der Waals surface area contributed by atoms with Crippen molar-refractivity contribution in [2.24, 2.45) is 11.8 Å². The predicted molar refractivity (Wildman–Crippen MR) is 111 cm³/mol. The van der Waals surface area contributed by atoms with E-state index in [0.29, 0.717) is 5.92 Å². The molecule has 0 unspecified atom stereocenters. The van der Waals surface area contributed by atoms with E-state index in [1.807, 2.05) is 45.0 Å². The zero-order valence-corrected chi connectivity index (χ0v) is 17.5. The summed E-state index contributed by atoms with van der Waals surface area (Å²) in [7, 11) is 0. The number of hydrogen-bond acceptors (Lipinski definition) is 4. The van der Waals surface area contributed by atoms with Crippen LogP contribution < -0.4 is 9.64 Å². The highest BCUT2D eigenvalue weighted by Crippen LogP contribution is 2.35. The van der Waals surface area contributed by atoms with Gasteiger partial charge in [0, 0.05) is 12.0 Å². The predicted octanol–water partition coefficient (Wildman–Crippen LogP) is 4.81. The maximum absolute atomic E-state index is 13.4. The molecule has 2 aromatic rings. The zero-order valence-electron chi connectivity index (χ0n) is 17.5. The lowest BCUT2D eigenvalue weighted by atomic mass is 9.82. The highest BCUT2D eigenvalue weighted by atomic mass is 16.7. The first-order valence-electron chi connectivity index (χ1n) is 10.2. The SMILES string of the molecule is Cc1cccc(-n2cc(OC(=O)O)c(N(C(=O)C3CCC(C)CC3)C(C)C)n2)c1. The van der Waals surface area contributed by atoms with Crippen molar-refractivity contribution in [3.8, 4) is 11.4 Å². The van der Waals surface area contributed by atoms with E-state index >= 15 is 0 Å². The summed E-state index contributed by atoms with van der Waals surface area (Å²) in [5.74, 6) is 0.850. The van der Waals surface area contributed by atoms with Gasteiger partial charge in [0.2, 0.25) is 11.7 Å². The third-order valence-corrected chi connectivity index (χ3v) is 5.47. The van der Waals surface area contributed by atoms with E-state index in [4.69, 9.17) is 4.74 Å². The monoisotopic (exact) mass is 399 g/mol. The normalized spacial score (nSPS) is 19.2. The Labute approximate surface area is 171 Å². The number of carbonyl (C=O) groups excluding carboxylic acids is 1. The van der Waals surface area contributed by atoms with Gasteiger partial charge in [-0.3, -0.25) is 9.69 Å². The number of rotatable bonds is 5. The summed E-state index contributed by atoms with van der Waals surface area (Å²) in [6.45, 7) is 7.99. The van der Waals surface area contributed by atoms with E-state index in [9.17, 15) is 14.7 Å². The Bertz CT molecular complexity index is 882. The molecule has 156 valence electrons. The Hall–Kier alpha value is -2.83. The van der Waals surface area contributed by atoms with Crippen molar-refractivity contribution >= 4 is 17.9 Å². The lowest BCUT2D eigenvalue weighted by Gasteiger charge is -2.32. The van der Waals surface area contributed by atoms with Crippen molar-refractivity contribution in [2.75, 3.05) is 4.90 Å². The van der Waals surface area contributed by atoms with Gasteiger partial charge in [0.05, 0.1) is 11.9 Å². The largest absolute Gasteiger partial charge is 0.511 e. The molecular formula is C22H29N3O4. The summed E-state index contributed by atoms with van der Waals surface area (Å²) in [5.41, 5.74) is 1.82. The van der Waals surface area contributed by atoms with Crippen molar-refractivity contribution in [3.05, 3.63) is 36.0 Å². The Morgan fingerprint density at radius 2 is 1.93 bits per heavy atom. The minimum atomic E-state index is -1.43. The van der Waals surface area contributed by atoms with Gasteiger partial charge in [0.25, 0.3) is 0 Å². The van der Waals surface area contributed by atoms with Crippen LogP contribution in [0.15, 0.2) is 30.5 Å². The Balaban J connectivity index is 2.00. The third kappa shape index (κ3) is 4.78. The van der Waals surface area contributed by atoms with Gasteiger partial charge in [0.15, 0.2) is 5.75 Å². The van der Waals surface area contributed by atoms with Crippen LogP contribution in [0.3, 0.4) is 0 Å². The van der Waals surface area contributed by atoms with Crippen molar-refractivity contribution in [1.29, 1.82) is 0 Å². The number of anilines is 1. The molecule has 29 heavy (non-hydrogen) atoms. The van der Waals surface area contributed by atoms with E-state index in [1.165, 1.54) is 6.20 Å². The molecule has 1 amide bonds. The van der Waals surface area contributed by atoms with E-state index < -0.39 is 6.16 Å². The molecule has 0 bridgehead atoms. The van der Waals surface area contributed by atoms with Gasteiger partial charge in [0.1, 0.15) is 0 Å². The van der Waals surface area contributed by atoms with E-state index in [2.05, 4.69) is 12.0 Å². The molecule has 1 saturated carbocycles. The molecule has 0 aliphatic heterocycles. The van der Waals surface area contributed by atoms with Gasteiger partial charge in [-0.05, 0) is 70.1 Å². The second-order valence-electron chi connectivity index (χ2n) is 8.23. The third-order valence-electron chi connectivity index (χ3n) is 5.47. The highest BCUT2D eigenvalue weighted by molar-refractivity contribution is 5.96. The number of nitrogens with zero attached hydrogens (tertiary/aromatic N) is 3. The highest BCUT2D eigenvalue weighted by Gasteiger charge is 2.34. The quantitative estimate of drug-likeness (QED) is 0.730. The number of amides is 1. The first-order valence-corrected chi connectivity index (χ1v) is 10.2. The molecule has 0 radical (unpaired) electrons. The van der Waals surface area contributed by atoms with Gasteiger partial charge in [-0.25, -0.2) is 9.48 Å². The van der Waals surface area contributed by atoms with Crippen LogP contribution in [0.2, 0.25) is 0 Å². The maximum Gasteiger partial charge on any atom is 0.511 e. The topological polar surface area (TPSA) is 84.7 Å². The van der Waals surface area contributed by atoms with Gasteiger partial charge < -0.3 is 9.84 Å². The Morgan fingerprint density at radius 3 is 2.52 bits per heavy atom. The number of ether oxygens (including phenoxy) is 1. The zero-order chi connectivity index (χ0) is 21.1. The number of carboxylic acid groups (broad SMARTS) is 1. The maximum atomic E-state index is 13.4. The molecule has 7 heteroatoms. The molecule has 1 N–H and O–H groups in total. The molecule has 1 heterocycles. The fraction of sp³-hybridized carbons (Fsp3) is 0.500. The second-order valence-corrected chi connectivity index (χ2v) is 8.23. The summed E-state index contributed by atoms with van der Waals surface area (Å²) in [6, 6.07) is 7.50. The number of aromatic nitrogens is 2. The minimum absolute atomic E-state index is 0.0170. The van der Waals surface area contributed by atoms with E-state index in [0.717, 1.165) is 36.9 Å². The molecule has 3 rings (SSSR count). The van der Waals surface area contributed by atoms with Crippen LogP contribution in [0.5, 0.6) is 5.75 Å². The molecule has 1 fully saturated rings. The van der Waals surface area contributed by atoms with E-state index in [1.54, 1.807) is 9.58 Å². The van der Waals surface area contributed by atoms with Crippen LogP contribution in [0.25, 0.3) is 5.69 Å². The molecule has 1 aliphatic rings. The molecular weight excluding hydrogens is 370 g/mol. The molecule has 1 aromatic carbocycles. The summed E-state index contributed by atoms with van der Waals surface area (Å²) >= 11 is 0. The van der Waals surface area contributed by atoms with Gasteiger partial charge in [-0.15, -0.1) is 5.10 Å². The van der Waals surface area contributed by atoms with Crippen LogP contribution >= 0.6 is 0 Å². The summed E-state index contributed by atoms with van der Waals surface area (Å²) in [5, 5.41) is 13.7. The average molecular weight is 399 g/mol. The Kier molecular flexibility index (Phi) is 6.25. The number of carbonyl (C=O) groups is 2. The first kappa shape index (κ1) is 20.9. The fourth-order valence-corrected chi connectivity index (χ4v) is 3.89. The molecule has 1 aliphatic carbocycles. The van der Waals surface area contributed by atoms with Crippen molar-refractivity contribution in [1.82, 2.24) is 9.78 Å². The van der Waals surface area contributed by atoms with Gasteiger partial charge in [-0.2, -0.15) is 0 Å². The van der Waals surface area contributed by atoms with Crippen molar-refractivity contribution in [2.45, 2.75) is 59.4 Å². The smallest absolute Gasteiger partial charge is 0.449 e. The van der Waals surface area contributed by atoms with Crippen LogP contribution in [0.4, 0.5) is 10.6 Å². The Morgan fingerprint density at radius 1 is 1.24 bits per heavy atom. The summed E-state index contributed by atoms with van der Waals surface area (Å²) in [6.07, 6.45) is 3.83. The van der Waals surface area contributed by atoms with Gasteiger partial charge >= 0.3 is 6.16 Å². The van der Waals surface area contributed by atoms with Gasteiger partial charge in [-0.1, -0.05) is 19.1 Å². The molecule has 0 atom stereocenters. The van der Waals surface area contributed by atoms with Crippen molar-refractivity contribution in [3.63, 3.8) is 0 Å². The average Bonchev–Trinajstić information content (AvgIpc) is 3.05. The summed E-state index contributed by atoms with van der Waals surface area (Å²) in [4.78, 5) is 26.2. The standard InChI is InChI=1S/C22H29N3O4/c1-14(2)25(21(26)17-10-8-15(3)9-11-17)20-19(29-22(27)28)13-24(23-20)18-7-5-6-16(4)12-18/h5-7,12-15,17H,8-11H2,1-4H3,(H,27,28). The van der Waals surface area contributed by atoms with Crippen molar-refractivity contribution < 1.29 is 19.4 Å². The molecule has 0 saturated heterocycles. The van der Waals surface area contributed by atoms with Crippen LogP contribution in [0, 0.1) is 18.8 Å². The minimum Gasteiger partial charge on any atom is -0.449 e. The van der Waals surface area contributed by atoms with Crippen LogP contribution in [-0.4, -0.2) is 33.0 Å². The lowest BCUT2D eigenvalue weighted by Crippen LogP contribution is -2.42. The van der Waals surface area contributed by atoms with Crippen LogP contribution in [0.1, 0.15) is 52.0 Å². The second kappa shape index (κ2) is 8.68. The lowest BCUT2D eigenvalue weighted by molar-refractivity contribution is -0.124. The number of hydrogen-bond donors (Lipinski definition) is 1. The molecule has 7 nitrogen and oxygen atoms in total. The summed E-state index contributed by atoms with van der Waals surface area (Å²) < 4.78 is 6.56.